The van der Waals surface area contributed by atoms with Crippen molar-refractivity contribution in [1.82, 2.24) is 0 Å². The van der Waals surface area contributed by atoms with Gasteiger partial charge in [0.15, 0.2) is 0 Å². The van der Waals surface area contributed by atoms with Gasteiger partial charge in [-0.15, -0.1) is 0 Å². The molecule has 0 N–H and O–H groups in total. The Bertz CT molecular complexity index is 172. The van der Waals surface area contributed by atoms with E-state index in [0.29, 0.717) is 5.92 Å². The minimum atomic E-state index is 0.106. The van der Waals surface area contributed by atoms with E-state index in [9.17, 15) is 0 Å². The standard InChI is InChI=1S/C10H17N/c1-5-6-9(4)10(7-11)8(2)3/h6,8,10H,5H2,1-4H3/b9-6+. The molecule has 0 rings (SSSR count). The van der Waals surface area contributed by atoms with Crippen molar-refractivity contribution < 1.29 is 0 Å². The maximum atomic E-state index is 8.80. The monoisotopic (exact) mass is 151 g/mol. The quantitative estimate of drug-likeness (QED) is 0.568. The molecule has 0 bridgehead atoms. The molecule has 0 aliphatic rings. The van der Waals surface area contributed by atoms with Crippen molar-refractivity contribution in [2.75, 3.05) is 0 Å². The van der Waals surface area contributed by atoms with Crippen LogP contribution in [-0.4, -0.2) is 0 Å². The van der Waals surface area contributed by atoms with Crippen LogP contribution < -0.4 is 0 Å². The summed E-state index contributed by atoms with van der Waals surface area (Å²) in [6.07, 6.45) is 3.16. The molecular formula is C10H17N. The molecule has 0 fully saturated rings. The van der Waals surface area contributed by atoms with Gasteiger partial charge >= 0.3 is 0 Å². The summed E-state index contributed by atoms with van der Waals surface area (Å²) >= 11 is 0. The van der Waals surface area contributed by atoms with Crippen molar-refractivity contribution in [2.45, 2.75) is 34.1 Å². The molecule has 1 atom stereocenters. The molecule has 0 saturated heterocycles. The molecule has 0 aliphatic heterocycles. The number of rotatable bonds is 3. The molecule has 0 saturated carbocycles. The molecular weight excluding hydrogens is 134 g/mol. The fourth-order valence-electron chi connectivity index (χ4n) is 1.23. The van der Waals surface area contributed by atoms with Gasteiger partial charge in [0.2, 0.25) is 0 Å². The predicted octanol–water partition coefficient (Wildman–Crippen LogP) is 3.14. The zero-order chi connectivity index (χ0) is 8.85. The zero-order valence-corrected chi connectivity index (χ0v) is 7.89. The van der Waals surface area contributed by atoms with Gasteiger partial charge in [0.05, 0.1) is 12.0 Å². The minimum Gasteiger partial charge on any atom is -0.198 e. The van der Waals surface area contributed by atoms with Crippen LogP contribution in [0.2, 0.25) is 0 Å². The molecule has 0 amide bonds. The number of hydrogen-bond donors (Lipinski definition) is 0. The average molecular weight is 151 g/mol. The van der Waals surface area contributed by atoms with Crippen LogP contribution in [0.4, 0.5) is 0 Å². The summed E-state index contributed by atoms with van der Waals surface area (Å²) < 4.78 is 0. The molecule has 0 aromatic carbocycles. The Balaban J connectivity index is 4.29. The van der Waals surface area contributed by atoms with Crippen LogP contribution in [-0.2, 0) is 0 Å². The van der Waals surface area contributed by atoms with E-state index in [-0.39, 0.29) is 5.92 Å². The molecule has 0 heterocycles. The van der Waals surface area contributed by atoms with Gasteiger partial charge in [-0.05, 0) is 19.3 Å². The van der Waals surface area contributed by atoms with Crippen LogP contribution >= 0.6 is 0 Å². The second-order valence-corrected chi connectivity index (χ2v) is 3.21. The molecule has 0 spiro atoms. The lowest BCUT2D eigenvalue weighted by molar-refractivity contribution is 0.535. The Morgan fingerprint density at radius 3 is 2.36 bits per heavy atom. The van der Waals surface area contributed by atoms with E-state index in [4.69, 9.17) is 5.26 Å². The van der Waals surface area contributed by atoms with E-state index in [2.05, 4.69) is 32.9 Å². The van der Waals surface area contributed by atoms with Gasteiger partial charge in [0.25, 0.3) is 0 Å². The van der Waals surface area contributed by atoms with E-state index < -0.39 is 0 Å². The number of hydrogen-bond acceptors (Lipinski definition) is 1. The summed E-state index contributed by atoms with van der Waals surface area (Å²) in [5, 5.41) is 8.80. The Labute approximate surface area is 69.7 Å². The third kappa shape index (κ3) is 3.23. The maximum Gasteiger partial charge on any atom is 0.0702 e. The van der Waals surface area contributed by atoms with Crippen molar-refractivity contribution in [3.05, 3.63) is 11.6 Å². The molecule has 1 heteroatoms. The third-order valence-electron chi connectivity index (χ3n) is 1.82. The Kier molecular flexibility index (Phi) is 4.61. The number of allylic oxidation sites excluding steroid dienone is 2. The minimum absolute atomic E-state index is 0.106. The summed E-state index contributed by atoms with van der Waals surface area (Å²) in [6, 6.07) is 2.32. The first-order valence-corrected chi connectivity index (χ1v) is 4.19. The first-order chi connectivity index (χ1) is 5.13. The molecule has 0 radical (unpaired) electrons. The van der Waals surface area contributed by atoms with Crippen molar-refractivity contribution in [2.24, 2.45) is 11.8 Å². The van der Waals surface area contributed by atoms with E-state index in [1.165, 1.54) is 5.57 Å². The SMILES string of the molecule is CC/C=C(\C)C(C#N)C(C)C. The topological polar surface area (TPSA) is 23.8 Å². The highest BCUT2D eigenvalue weighted by Crippen LogP contribution is 2.19. The zero-order valence-electron chi connectivity index (χ0n) is 7.89. The van der Waals surface area contributed by atoms with E-state index in [1.807, 2.05) is 6.92 Å². The smallest absolute Gasteiger partial charge is 0.0702 e. The van der Waals surface area contributed by atoms with Crippen molar-refractivity contribution in [1.29, 1.82) is 5.26 Å². The number of nitriles is 1. The second kappa shape index (κ2) is 4.96. The van der Waals surface area contributed by atoms with Crippen LogP contribution in [0.25, 0.3) is 0 Å². The lowest BCUT2D eigenvalue weighted by Gasteiger charge is -2.12. The van der Waals surface area contributed by atoms with Crippen LogP contribution in [0.1, 0.15) is 34.1 Å². The van der Waals surface area contributed by atoms with Crippen molar-refractivity contribution in [3.8, 4) is 6.07 Å². The molecule has 1 nitrogen and oxygen atoms in total. The molecule has 0 aromatic rings. The van der Waals surface area contributed by atoms with Crippen LogP contribution in [0.3, 0.4) is 0 Å². The largest absolute Gasteiger partial charge is 0.198 e. The fraction of sp³-hybridized carbons (Fsp3) is 0.700. The van der Waals surface area contributed by atoms with Crippen LogP contribution in [0.15, 0.2) is 11.6 Å². The summed E-state index contributed by atoms with van der Waals surface area (Å²) in [7, 11) is 0. The molecule has 62 valence electrons. The maximum absolute atomic E-state index is 8.80. The first kappa shape index (κ1) is 10.2. The third-order valence-corrected chi connectivity index (χ3v) is 1.82. The van der Waals surface area contributed by atoms with Crippen LogP contribution in [0.5, 0.6) is 0 Å². The Morgan fingerprint density at radius 1 is 1.55 bits per heavy atom. The molecule has 11 heavy (non-hydrogen) atoms. The lowest BCUT2D eigenvalue weighted by atomic mass is 9.90. The van der Waals surface area contributed by atoms with Gasteiger partial charge in [0.1, 0.15) is 0 Å². The van der Waals surface area contributed by atoms with Gasteiger partial charge in [-0.25, -0.2) is 0 Å². The van der Waals surface area contributed by atoms with E-state index >= 15 is 0 Å². The van der Waals surface area contributed by atoms with Gasteiger partial charge in [-0.1, -0.05) is 32.4 Å². The van der Waals surface area contributed by atoms with Crippen molar-refractivity contribution in [3.63, 3.8) is 0 Å². The highest BCUT2D eigenvalue weighted by molar-refractivity contribution is 5.12. The second-order valence-electron chi connectivity index (χ2n) is 3.21. The summed E-state index contributed by atoms with van der Waals surface area (Å²) in [6.45, 7) is 8.30. The van der Waals surface area contributed by atoms with Gasteiger partial charge in [-0.3, -0.25) is 0 Å². The first-order valence-electron chi connectivity index (χ1n) is 4.19. The van der Waals surface area contributed by atoms with Crippen LogP contribution in [0, 0.1) is 23.2 Å². The summed E-state index contributed by atoms with van der Waals surface area (Å²) in [5.74, 6) is 0.540. The Morgan fingerprint density at radius 2 is 2.09 bits per heavy atom. The molecule has 0 aliphatic carbocycles. The summed E-state index contributed by atoms with van der Waals surface area (Å²) in [4.78, 5) is 0. The normalized spacial score (nSPS) is 14.7. The lowest BCUT2D eigenvalue weighted by Crippen LogP contribution is -2.07. The van der Waals surface area contributed by atoms with Gasteiger partial charge < -0.3 is 0 Å². The van der Waals surface area contributed by atoms with Crippen molar-refractivity contribution >= 4 is 0 Å². The molecule has 0 aromatic heterocycles. The Hall–Kier alpha value is -0.770. The average Bonchev–Trinajstić information content (AvgIpc) is 1.88. The number of nitrogens with zero attached hydrogens (tertiary/aromatic N) is 1. The van der Waals surface area contributed by atoms with Gasteiger partial charge in [0, 0.05) is 0 Å². The van der Waals surface area contributed by atoms with E-state index in [1.54, 1.807) is 0 Å². The van der Waals surface area contributed by atoms with Gasteiger partial charge in [-0.2, -0.15) is 5.26 Å². The fourth-order valence-corrected chi connectivity index (χ4v) is 1.23. The highest BCUT2D eigenvalue weighted by atomic mass is 14.3. The van der Waals surface area contributed by atoms with E-state index in [0.717, 1.165) is 6.42 Å². The molecule has 1 unspecified atom stereocenters. The summed E-state index contributed by atoms with van der Waals surface area (Å²) in [5.41, 5.74) is 1.21. The predicted molar refractivity (Wildman–Crippen MR) is 48.0 cm³/mol. The highest BCUT2D eigenvalue weighted by Gasteiger charge is 2.12.